The molecule has 1 aromatic rings. The van der Waals surface area contributed by atoms with Crippen molar-refractivity contribution in [2.24, 2.45) is 5.73 Å². The fourth-order valence-electron chi connectivity index (χ4n) is 0.625. The van der Waals surface area contributed by atoms with E-state index in [1.165, 1.54) is 7.11 Å². The van der Waals surface area contributed by atoms with Gasteiger partial charge < -0.3 is 10.5 Å². The van der Waals surface area contributed by atoms with Gasteiger partial charge in [-0.3, -0.25) is 4.79 Å². The Labute approximate surface area is 99.1 Å². The van der Waals surface area contributed by atoms with Crippen LogP contribution in [-0.2, 0) is 9.53 Å². The number of hydrogen-bond acceptors (Lipinski definition) is 3. The first-order valence-corrected chi connectivity index (χ1v) is 4.98. The number of hydrogen-bond donors (Lipinski definition) is 1. The average molecular weight is 250 g/mol. The number of methoxy groups -OCH3 is 1. The zero-order chi connectivity index (χ0) is 11.8. The maximum atomic E-state index is 10.2. The van der Waals surface area contributed by atoms with E-state index in [-0.39, 0.29) is 5.97 Å². The van der Waals surface area contributed by atoms with Gasteiger partial charge in [0.25, 0.3) is 0 Å². The Morgan fingerprint density at radius 1 is 1.33 bits per heavy atom. The van der Waals surface area contributed by atoms with Crippen LogP contribution in [0.15, 0.2) is 24.3 Å². The third kappa shape index (κ3) is 6.33. The van der Waals surface area contributed by atoms with Crippen LogP contribution < -0.4 is 5.73 Å². The smallest absolute Gasteiger partial charge is 0.322 e. The zero-order valence-electron chi connectivity index (χ0n) is 8.54. The van der Waals surface area contributed by atoms with Crippen molar-refractivity contribution in [1.82, 2.24) is 0 Å². The van der Waals surface area contributed by atoms with Gasteiger partial charge in [0, 0.05) is 0 Å². The summed E-state index contributed by atoms with van der Waals surface area (Å²) in [7, 11) is 1.31. The SMILES string of the molecule is COC(=O)C(C)N.Clc1ccccc1Cl. The van der Waals surface area contributed by atoms with Crippen molar-refractivity contribution in [1.29, 1.82) is 0 Å². The predicted molar refractivity (Wildman–Crippen MR) is 62.1 cm³/mol. The summed E-state index contributed by atoms with van der Waals surface area (Å²) in [5.74, 6) is -0.375. The van der Waals surface area contributed by atoms with Gasteiger partial charge in [0.05, 0.1) is 17.2 Å². The maximum Gasteiger partial charge on any atom is 0.322 e. The summed E-state index contributed by atoms with van der Waals surface area (Å²) in [5, 5.41) is 1.21. The topological polar surface area (TPSA) is 52.3 Å². The minimum absolute atomic E-state index is 0.375. The summed E-state index contributed by atoms with van der Waals surface area (Å²) in [6.45, 7) is 1.58. The van der Waals surface area contributed by atoms with E-state index in [9.17, 15) is 4.79 Å². The van der Waals surface area contributed by atoms with Gasteiger partial charge >= 0.3 is 5.97 Å². The minimum atomic E-state index is -0.495. The van der Waals surface area contributed by atoms with Gasteiger partial charge in [-0.05, 0) is 19.1 Å². The van der Waals surface area contributed by atoms with E-state index < -0.39 is 6.04 Å². The van der Waals surface area contributed by atoms with Crippen LogP contribution in [0.25, 0.3) is 0 Å². The van der Waals surface area contributed by atoms with Crippen molar-refractivity contribution in [2.75, 3.05) is 7.11 Å². The quantitative estimate of drug-likeness (QED) is 0.779. The Kier molecular flexibility index (Phi) is 7.13. The molecular formula is C10H13Cl2NO2. The fourth-order valence-corrected chi connectivity index (χ4v) is 0.897. The highest BCUT2D eigenvalue weighted by atomic mass is 35.5. The molecule has 1 atom stereocenters. The first-order chi connectivity index (χ1) is 6.99. The van der Waals surface area contributed by atoms with Crippen LogP contribution >= 0.6 is 23.2 Å². The fraction of sp³-hybridized carbons (Fsp3) is 0.300. The standard InChI is InChI=1S/C6H4Cl2.C4H9NO2/c7-5-3-1-2-4-6(5)8;1-3(5)4(6)7-2/h1-4H;3H,5H2,1-2H3. The lowest BCUT2D eigenvalue weighted by molar-refractivity contribution is -0.141. The van der Waals surface area contributed by atoms with Gasteiger partial charge in [-0.2, -0.15) is 0 Å². The van der Waals surface area contributed by atoms with Crippen LogP contribution in [0.3, 0.4) is 0 Å². The first kappa shape index (κ1) is 14.2. The molecule has 0 fully saturated rings. The number of halogens is 2. The summed E-state index contributed by atoms with van der Waals surface area (Å²) in [5.41, 5.74) is 5.07. The molecule has 3 nitrogen and oxygen atoms in total. The molecule has 0 aliphatic carbocycles. The number of rotatable bonds is 1. The summed E-state index contributed by atoms with van der Waals surface area (Å²) < 4.78 is 4.25. The monoisotopic (exact) mass is 249 g/mol. The predicted octanol–water partition coefficient (Wildman–Crippen LogP) is 2.50. The molecule has 0 saturated heterocycles. The summed E-state index contributed by atoms with van der Waals surface area (Å²) in [6.07, 6.45) is 0. The second-order valence-electron chi connectivity index (χ2n) is 2.73. The van der Waals surface area contributed by atoms with Crippen LogP contribution in [0.2, 0.25) is 10.0 Å². The van der Waals surface area contributed by atoms with Gasteiger partial charge in [-0.25, -0.2) is 0 Å². The lowest BCUT2D eigenvalue weighted by Crippen LogP contribution is -2.27. The summed E-state index contributed by atoms with van der Waals surface area (Å²) in [6, 6.07) is 6.70. The molecule has 0 radical (unpaired) electrons. The van der Waals surface area contributed by atoms with Crippen molar-refractivity contribution in [2.45, 2.75) is 13.0 Å². The largest absolute Gasteiger partial charge is 0.468 e. The molecule has 2 N–H and O–H groups in total. The van der Waals surface area contributed by atoms with E-state index in [0.29, 0.717) is 10.0 Å². The number of carbonyl (C=O) groups excluding carboxylic acids is 1. The van der Waals surface area contributed by atoms with Crippen molar-refractivity contribution in [3.05, 3.63) is 34.3 Å². The molecular weight excluding hydrogens is 237 g/mol. The molecule has 0 saturated carbocycles. The Morgan fingerprint density at radius 3 is 1.87 bits per heavy atom. The average Bonchev–Trinajstić information content (AvgIpc) is 2.22. The van der Waals surface area contributed by atoms with Crippen LogP contribution in [0.5, 0.6) is 0 Å². The number of nitrogens with two attached hydrogens (primary N) is 1. The lowest BCUT2D eigenvalue weighted by atomic mass is 10.4. The Bertz CT molecular complexity index is 295. The number of benzene rings is 1. The summed E-state index contributed by atoms with van der Waals surface area (Å²) in [4.78, 5) is 10.2. The molecule has 15 heavy (non-hydrogen) atoms. The van der Waals surface area contributed by atoms with E-state index in [1.807, 2.05) is 12.1 Å². The van der Waals surface area contributed by atoms with Gasteiger partial charge in [0.2, 0.25) is 0 Å². The molecule has 0 aromatic heterocycles. The van der Waals surface area contributed by atoms with Crippen LogP contribution in [0.1, 0.15) is 6.92 Å². The molecule has 0 aliphatic rings. The van der Waals surface area contributed by atoms with Gasteiger partial charge in [0.15, 0.2) is 0 Å². The third-order valence-corrected chi connectivity index (χ3v) is 2.15. The first-order valence-electron chi connectivity index (χ1n) is 4.22. The Morgan fingerprint density at radius 2 is 1.73 bits per heavy atom. The molecule has 1 rings (SSSR count). The Balaban J connectivity index is 0.000000265. The molecule has 1 aromatic carbocycles. The van der Waals surface area contributed by atoms with Gasteiger partial charge in [-0.15, -0.1) is 0 Å². The van der Waals surface area contributed by atoms with Gasteiger partial charge in [-0.1, -0.05) is 35.3 Å². The van der Waals surface area contributed by atoms with Gasteiger partial charge in [0.1, 0.15) is 6.04 Å². The van der Waals surface area contributed by atoms with E-state index in [0.717, 1.165) is 0 Å². The normalized spacial score (nSPS) is 11.0. The molecule has 0 spiro atoms. The third-order valence-electron chi connectivity index (χ3n) is 1.40. The number of ether oxygens (including phenoxy) is 1. The van der Waals surface area contributed by atoms with Crippen LogP contribution in [-0.4, -0.2) is 19.1 Å². The molecule has 1 unspecified atom stereocenters. The highest BCUT2D eigenvalue weighted by molar-refractivity contribution is 6.41. The number of carbonyl (C=O) groups is 1. The minimum Gasteiger partial charge on any atom is -0.468 e. The van der Waals surface area contributed by atoms with E-state index >= 15 is 0 Å². The van der Waals surface area contributed by atoms with Crippen molar-refractivity contribution in [3.8, 4) is 0 Å². The van der Waals surface area contributed by atoms with E-state index in [2.05, 4.69) is 4.74 Å². The molecule has 0 aliphatic heterocycles. The zero-order valence-corrected chi connectivity index (χ0v) is 10.0. The second kappa shape index (κ2) is 7.51. The molecule has 0 heterocycles. The van der Waals surface area contributed by atoms with Crippen molar-refractivity contribution >= 4 is 29.2 Å². The molecule has 0 amide bonds. The van der Waals surface area contributed by atoms with Crippen molar-refractivity contribution in [3.63, 3.8) is 0 Å². The summed E-state index contributed by atoms with van der Waals surface area (Å²) >= 11 is 11.2. The second-order valence-corrected chi connectivity index (χ2v) is 3.54. The Hall–Kier alpha value is -0.770. The van der Waals surface area contributed by atoms with E-state index in [1.54, 1.807) is 19.1 Å². The molecule has 84 valence electrons. The van der Waals surface area contributed by atoms with Crippen LogP contribution in [0, 0.1) is 0 Å². The maximum absolute atomic E-state index is 10.2. The lowest BCUT2D eigenvalue weighted by Gasteiger charge is -1.98. The van der Waals surface area contributed by atoms with Crippen molar-refractivity contribution < 1.29 is 9.53 Å². The molecule has 0 bridgehead atoms. The highest BCUT2D eigenvalue weighted by Gasteiger charge is 2.03. The van der Waals surface area contributed by atoms with E-state index in [4.69, 9.17) is 28.9 Å². The molecule has 5 heteroatoms. The highest BCUT2D eigenvalue weighted by Crippen LogP contribution is 2.19. The van der Waals surface area contributed by atoms with Crippen LogP contribution in [0.4, 0.5) is 0 Å². The number of esters is 1.